The van der Waals surface area contributed by atoms with Crippen molar-refractivity contribution in [2.24, 2.45) is 0 Å². The Kier molecular flexibility index (Phi) is 3.17. The van der Waals surface area contributed by atoms with Crippen molar-refractivity contribution >= 4 is 21.0 Å². The molecular weight excluding hydrogens is 290 g/mol. The summed E-state index contributed by atoms with van der Waals surface area (Å²) in [5, 5.41) is 7.73. The Hall–Kier alpha value is -2.35. The van der Waals surface area contributed by atoms with E-state index in [4.69, 9.17) is 0 Å². The number of rotatable bonds is 3. The van der Waals surface area contributed by atoms with Crippen LogP contribution < -0.4 is 0 Å². The minimum Gasteiger partial charge on any atom is -0.224 e. The zero-order chi connectivity index (χ0) is 15.0. The highest BCUT2D eigenvalue weighted by atomic mass is 32.2. The first-order valence-corrected chi connectivity index (χ1v) is 8.26. The topological polar surface area (TPSA) is 90.6 Å². The molecule has 7 nitrogen and oxygen atoms in total. The third-order valence-corrected chi connectivity index (χ3v) is 3.95. The molecule has 0 aliphatic carbocycles. The van der Waals surface area contributed by atoms with E-state index in [2.05, 4.69) is 27.2 Å². The summed E-state index contributed by atoms with van der Waals surface area (Å²) in [5.74, 6) is 0. The van der Waals surface area contributed by atoms with E-state index < -0.39 is 9.84 Å². The summed E-state index contributed by atoms with van der Waals surface area (Å²) in [5.41, 5.74) is 2.79. The molecule has 3 rings (SSSR count). The number of hydrogen-bond donors (Lipinski definition) is 0. The van der Waals surface area contributed by atoms with Gasteiger partial charge in [0.1, 0.15) is 0 Å². The first-order chi connectivity index (χ1) is 9.99. The van der Waals surface area contributed by atoms with E-state index in [0.717, 1.165) is 18.4 Å². The van der Waals surface area contributed by atoms with Crippen LogP contribution in [0.2, 0.25) is 0 Å². The lowest BCUT2D eigenvalue weighted by molar-refractivity contribution is 0.593. The maximum Gasteiger partial charge on any atom is 0.248 e. The molecule has 108 valence electrons. The van der Waals surface area contributed by atoms with Crippen molar-refractivity contribution in [2.75, 3.05) is 6.26 Å². The Labute approximate surface area is 121 Å². The van der Waals surface area contributed by atoms with Gasteiger partial charge in [0, 0.05) is 6.26 Å². The van der Waals surface area contributed by atoms with Crippen LogP contribution in [0, 0.1) is 0 Å². The van der Waals surface area contributed by atoms with E-state index in [0.29, 0.717) is 11.2 Å². The van der Waals surface area contributed by atoms with Crippen LogP contribution in [0.5, 0.6) is 0 Å². The molecule has 3 aromatic rings. The summed E-state index contributed by atoms with van der Waals surface area (Å²) in [6.07, 6.45) is 3.37. The number of nitrogens with zero attached hydrogens (tertiary/aromatic N) is 5. The molecule has 0 spiro atoms. The van der Waals surface area contributed by atoms with Gasteiger partial charge in [0.15, 0.2) is 11.2 Å². The third-order valence-electron chi connectivity index (χ3n) is 3.09. The maximum atomic E-state index is 11.6. The molecule has 0 bridgehead atoms. The monoisotopic (exact) mass is 303 g/mol. The summed E-state index contributed by atoms with van der Waals surface area (Å²) in [6.45, 7) is 2.07. The van der Waals surface area contributed by atoms with Crippen molar-refractivity contribution in [3.05, 3.63) is 36.0 Å². The summed E-state index contributed by atoms with van der Waals surface area (Å²) in [4.78, 5) is 7.86. The molecule has 1 aromatic carbocycles. The molecule has 2 heterocycles. The fraction of sp³-hybridized carbons (Fsp3) is 0.231. The Balaban J connectivity index is 2.18. The number of sulfone groups is 1. The molecule has 0 saturated heterocycles. The molecule has 0 saturated carbocycles. The Morgan fingerprint density at radius 2 is 1.90 bits per heavy atom. The summed E-state index contributed by atoms with van der Waals surface area (Å²) >= 11 is 0. The standard InChI is InChI=1S/C13H13N5O2S/c1-3-9-4-6-10(7-5-9)18-12-11(16-17-18)8-14-13(15-12)21(2,19)20/h4-8H,3H2,1-2H3. The van der Waals surface area contributed by atoms with Crippen LogP contribution >= 0.6 is 0 Å². The quantitative estimate of drug-likeness (QED) is 0.675. The number of fused-ring (bicyclic) bond motifs is 1. The highest BCUT2D eigenvalue weighted by Gasteiger charge is 2.15. The van der Waals surface area contributed by atoms with E-state index in [-0.39, 0.29) is 5.16 Å². The molecule has 0 unspecified atom stereocenters. The second-order valence-electron chi connectivity index (χ2n) is 4.65. The lowest BCUT2D eigenvalue weighted by Gasteiger charge is -2.03. The molecule has 0 aliphatic rings. The molecule has 21 heavy (non-hydrogen) atoms. The van der Waals surface area contributed by atoms with E-state index in [1.807, 2.05) is 24.3 Å². The van der Waals surface area contributed by atoms with E-state index >= 15 is 0 Å². The first kappa shape index (κ1) is 13.6. The normalized spacial score (nSPS) is 11.9. The predicted molar refractivity (Wildman–Crippen MR) is 76.9 cm³/mol. The van der Waals surface area contributed by atoms with Crippen molar-refractivity contribution in [3.8, 4) is 5.69 Å². The number of hydrogen-bond acceptors (Lipinski definition) is 6. The second-order valence-corrected chi connectivity index (χ2v) is 6.56. The van der Waals surface area contributed by atoms with Crippen LogP contribution in [0.15, 0.2) is 35.6 Å². The third kappa shape index (κ3) is 2.49. The van der Waals surface area contributed by atoms with Crippen molar-refractivity contribution in [2.45, 2.75) is 18.5 Å². The largest absolute Gasteiger partial charge is 0.248 e. The first-order valence-electron chi connectivity index (χ1n) is 6.37. The molecule has 0 atom stereocenters. The van der Waals surface area contributed by atoms with Gasteiger partial charge in [-0.15, -0.1) is 5.10 Å². The molecule has 0 aliphatic heterocycles. The molecule has 0 radical (unpaired) electrons. The lowest BCUT2D eigenvalue weighted by Crippen LogP contribution is -2.05. The van der Waals surface area contributed by atoms with Gasteiger partial charge in [0.25, 0.3) is 0 Å². The van der Waals surface area contributed by atoms with Crippen LogP contribution in [-0.2, 0) is 16.3 Å². The summed E-state index contributed by atoms with van der Waals surface area (Å²) in [6, 6.07) is 7.77. The highest BCUT2D eigenvalue weighted by Crippen LogP contribution is 2.16. The Bertz CT molecular complexity index is 900. The van der Waals surface area contributed by atoms with Crippen LogP contribution in [0.3, 0.4) is 0 Å². The van der Waals surface area contributed by atoms with Crippen LogP contribution in [0.4, 0.5) is 0 Å². The van der Waals surface area contributed by atoms with E-state index in [9.17, 15) is 8.42 Å². The average Bonchev–Trinajstić information content (AvgIpc) is 2.89. The van der Waals surface area contributed by atoms with Crippen molar-refractivity contribution in [1.29, 1.82) is 0 Å². The number of aromatic nitrogens is 5. The summed E-state index contributed by atoms with van der Waals surface area (Å²) < 4.78 is 24.6. The predicted octanol–water partition coefficient (Wildman–Crippen LogP) is 1.18. The average molecular weight is 303 g/mol. The van der Waals surface area contributed by atoms with Crippen molar-refractivity contribution in [3.63, 3.8) is 0 Å². The molecular formula is C13H13N5O2S. The molecule has 0 amide bonds. The maximum absolute atomic E-state index is 11.6. The van der Waals surface area contributed by atoms with Crippen molar-refractivity contribution < 1.29 is 8.42 Å². The van der Waals surface area contributed by atoms with Gasteiger partial charge in [-0.25, -0.2) is 13.4 Å². The van der Waals surface area contributed by atoms with Crippen LogP contribution in [0.1, 0.15) is 12.5 Å². The minimum atomic E-state index is -3.47. The van der Waals surface area contributed by atoms with Gasteiger partial charge in [0.05, 0.1) is 11.9 Å². The Morgan fingerprint density at radius 3 is 2.52 bits per heavy atom. The van der Waals surface area contributed by atoms with Crippen LogP contribution in [0.25, 0.3) is 16.9 Å². The van der Waals surface area contributed by atoms with Gasteiger partial charge in [-0.1, -0.05) is 24.3 Å². The lowest BCUT2D eigenvalue weighted by atomic mass is 10.1. The van der Waals surface area contributed by atoms with E-state index in [1.54, 1.807) is 0 Å². The van der Waals surface area contributed by atoms with Gasteiger partial charge in [-0.2, -0.15) is 9.67 Å². The van der Waals surface area contributed by atoms with Gasteiger partial charge in [-0.3, -0.25) is 0 Å². The molecule has 0 fully saturated rings. The molecule has 2 aromatic heterocycles. The smallest absolute Gasteiger partial charge is 0.224 e. The zero-order valence-corrected chi connectivity index (χ0v) is 12.4. The van der Waals surface area contributed by atoms with E-state index in [1.165, 1.54) is 16.4 Å². The van der Waals surface area contributed by atoms with Gasteiger partial charge in [0.2, 0.25) is 15.0 Å². The number of benzene rings is 1. The van der Waals surface area contributed by atoms with Crippen molar-refractivity contribution in [1.82, 2.24) is 25.0 Å². The minimum absolute atomic E-state index is 0.233. The Morgan fingerprint density at radius 1 is 1.19 bits per heavy atom. The SMILES string of the molecule is CCc1ccc(-n2nnc3cnc(S(C)(=O)=O)nc32)cc1. The summed E-state index contributed by atoms with van der Waals surface area (Å²) in [7, 11) is -3.47. The van der Waals surface area contributed by atoms with Gasteiger partial charge < -0.3 is 0 Å². The van der Waals surface area contributed by atoms with Gasteiger partial charge in [-0.05, 0) is 24.1 Å². The fourth-order valence-corrected chi connectivity index (χ4v) is 2.43. The van der Waals surface area contributed by atoms with Crippen LogP contribution in [-0.4, -0.2) is 39.6 Å². The molecule has 0 N–H and O–H groups in total. The highest BCUT2D eigenvalue weighted by molar-refractivity contribution is 7.90. The fourth-order valence-electron chi connectivity index (χ4n) is 1.94. The number of aryl methyl sites for hydroxylation is 1. The molecule has 8 heteroatoms. The van der Waals surface area contributed by atoms with Gasteiger partial charge >= 0.3 is 0 Å². The second kappa shape index (κ2) is 4.88. The zero-order valence-electron chi connectivity index (χ0n) is 11.6.